The van der Waals surface area contributed by atoms with Crippen molar-refractivity contribution in [1.29, 1.82) is 0 Å². The monoisotopic (exact) mass is 217 g/mol. The van der Waals surface area contributed by atoms with Crippen LogP contribution in [0.4, 0.5) is 0 Å². The second-order valence-corrected chi connectivity index (χ2v) is 5.42. The highest BCUT2D eigenvalue weighted by Gasteiger charge is 2.31. The molecule has 0 saturated carbocycles. The average Bonchev–Trinajstić information content (AvgIpc) is 2.14. The molecule has 0 N–H and O–H groups in total. The van der Waals surface area contributed by atoms with Crippen LogP contribution in [0.3, 0.4) is 0 Å². The van der Waals surface area contributed by atoms with Crippen molar-refractivity contribution in [1.82, 2.24) is 4.90 Å². The largest absolute Gasteiger partial charge is 0.372 e. The van der Waals surface area contributed by atoms with Gasteiger partial charge in [0.25, 0.3) is 0 Å². The Bertz CT molecular complexity index is 218. The highest BCUT2D eigenvalue weighted by Crippen LogP contribution is 2.19. The number of nitrogens with zero attached hydrogens (tertiary/aromatic N) is 1. The summed E-state index contributed by atoms with van der Waals surface area (Å²) < 4.78 is 5.56. The zero-order valence-corrected chi connectivity index (χ0v) is 10.2. The standard InChI is InChI=1S/C10H19NO2S/c1-8(14-4)9(12)11-5-6-13-10(2,3)7-11/h8H,5-7H2,1-4H3. The normalized spacial score (nSPS) is 23.3. The van der Waals surface area contributed by atoms with Gasteiger partial charge >= 0.3 is 0 Å². The molecule has 14 heavy (non-hydrogen) atoms. The van der Waals surface area contributed by atoms with E-state index < -0.39 is 0 Å². The summed E-state index contributed by atoms with van der Waals surface area (Å²) in [6, 6.07) is 0. The lowest BCUT2D eigenvalue weighted by molar-refractivity contribution is -0.145. The summed E-state index contributed by atoms with van der Waals surface area (Å²) in [4.78, 5) is 13.8. The minimum Gasteiger partial charge on any atom is -0.372 e. The van der Waals surface area contributed by atoms with E-state index in [1.165, 1.54) is 0 Å². The van der Waals surface area contributed by atoms with Crippen molar-refractivity contribution < 1.29 is 9.53 Å². The third-order valence-corrected chi connectivity index (χ3v) is 3.35. The molecule has 1 rings (SSSR count). The van der Waals surface area contributed by atoms with Crippen molar-refractivity contribution in [3.63, 3.8) is 0 Å². The Morgan fingerprint density at radius 2 is 2.21 bits per heavy atom. The third-order valence-electron chi connectivity index (χ3n) is 2.44. The fourth-order valence-corrected chi connectivity index (χ4v) is 1.91. The minimum absolute atomic E-state index is 0.0592. The van der Waals surface area contributed by atoms with Crippen LogP contribution in [-0.4, -0.2) is 47.6 Å². The minimum atomic E-state index is -0.188. The molecule has 4 heteroatoms. The van der Waals surface area contributed by atoms with Crippen LogP contribution in [-0.2, 0) is 9.53 Å². The summed E-state index contributed by atoms with van der Waals surface area (Å²) in [7, 11) is 0. The van der Waals surface area contributed by atoms with Crippen LogP contribution in [0.1, 0.15) is 20.8 Å². The van der Waals surface area contributed by atoms with Crippen molar-refractivity contribution in [2.75, 3.05) is 26.0 Å². The molecular weight excluding hydrogens is 198 g/mol. The van der Waals surface area contributed by atoms with E-state index >= 15 is 0 Å². The van der Waals surface area contributed by atoms with E-state index in [0.29, 0.717) is 13.2 Å². The number of rotatable bonds is 2. The van der Waals surface area contributed by atoms with Gasteiger partial charge in [-0.15, -0.1) is 0 Å². The van der Waals surface area contributed by atoms with Gasteiger partial charge in [-0.1, -0.05) is 0 Å². The van der Waals surface area contributed by atoms with E-state index in [1.54, 1.807) is 11.8 Å². The SMILES string of the molecule is CSC(C)C(=O)N1CCOC(C)(C)C1. The second-order valence-electron chi connectivity index (χ2n) is 4.25. The molecule has 1 amide bonds. The zero-order chi connectivity index (χ0) is 10.8. The Morgan fingerprint density at radius 3 is 2.71 bits per heavy atom. The number of carbonyl (C=O) groups is 1. The highest BCUT2D eigenvalue weighted by atomic mass is 32.2. The molecule has 3 nitrogen and oxygen atoms in total. The molecule has 1 saturated heterocycles. The first kappa shape index (κ1) is 11.9. The van der Waals surface area contributed by atoms with Gasteiger partial charge in [-0.25, -0.2) is 0 Å². The fraction of sp³-hybridized carbons (Fsp3) is 0.900. The number of hydrogen-bond acceptors (Lipinski definition) is 3. The van der Waals surface area contributed by atoms with Gasteiger partial charge in [-0.2, -0.15) is 11.8 Å². The van der Waals surface area contributed by atoms with Gasteiger partial charge < -0.3 is 9.64 Å². The van der Waals surface area contributed by atoms with Crippen LogP contribution >= 0.6 is 11.8 Å². The number of amides is 1. The van der Waals surface area contributed by atoms with Crippen molar-refractivity contribution in [2.24, 2.45) is 0 Å². The average molecular weight is 217 g/mol. The molecule has 1 fully saturated rings. The molecule has 82 valence electrons. The molecule has 1 unspecified atom stereocenters. The number of ether oxygens (including phenoxy) is 1. The molecule has 0 aromatic heterocycles. The molecule has 0 spiro atoms. The van der Waals surface area contributed by atoms with Crippen molar-refractivity contribution in [3.05, 3.63) is 0 Å². The van der Waals surface area contributed by atoms with Crippen molar-refractivity contribution >= 4 is 17.7 Å². The molecule has 1 aliphatic heterocycles. The van der Waals surface area contributed by atoms with Crippen LogP contribution in [0.2, 0.25) is 0 Å². The van der Waals surface area contributed by atoms with E-state index in [0.717, 1.165) is 6.54 Å². The Labute approximate surface area is 90.2 Å². The third kappa shape index (κ3) is 2.89. The topological polar surface area (TPSA) is 29.5 Å². The molecule has 0 aromatic carbocycles. The Balaban J connectivity index is 2.56. The first-order valence-corrected chi connectivity index (χ1v) is 6.20. The molecule has 0 aromatic rings. The molecule has 1 aliphatic rings. The van der Waals surface area contributed by atoms with Crippen LogP contribution in [0.5, 0.6) is 0 Å². The zero-order valence-electron chi connectivity index (χ0n) is 9.37. The predicted molar refractivity (Wildman–Crippen MR) is 59.6 cm³/mol. The Kier molecular flexibility index (Phi) is 3.84. The summed E-state index contributed by atoms with van der Waals surface area (Å²) in [5.74, 6) is 0.230. The molecular formula is C10H19NO2S. The van der Waals surface area contributed by atoms with Gasteiger partial charge in [-0.3, -0.25) is 4.79 Å². The molecule has 1 atom stereocenters. The maximum atomic E-state index is 11.9. The molecule has 0 aliphatic carbocycles. The van der Waals surface area contributed by atoms with E-state index in [2.05, 4.69) is 0 Å². The van der Waals surface area contributed by atoms with Crippen LogP contribution in [0.25, 0.3) is 0 Å². The van der Waals surface area contributed by atoms with Crippen LogP contribution < -0.4 is 0 Å². The Hall–Kier alpha value is -0.220. The lowest BCUT2D eigenvalue weighted by Crippen LogP contribution is -2.52. The van der Waals surface area contributed by atoms with Gasteiger partial charge in [-0.05, 0) is 27.0 Å². The van der Waals surface area contributed by atoms with Gasteiger partial charge in [0.05, 0.1) is 17.5 Å². The quantitative estimate of drug-likeness (QED) is 0.700. The number of carbonyl (C=O) groups excluding carboxylic acids is 1. The van der Waals surface area contributed by atoms with Crippen molar-refractivity contribution in [3.8, 4) is 0 Å². The van der Waals surface area contributed by atoms with Crippen LogP contribution in [0.15, 0.2) is 0 Å². The van der Waals surface area contributed by atoms with Gasteiger partial charge in [0, 0.05) is 13.1 Å². The number of morpholine rings is 1. The van der Waals surface area contributed by atoms with Gasteiger partial charge in [0.2, 0.25) is 5.91 Å². The first-order valence-electron chi connectivity index (χ1n) is 4.92. The second kappa shape index (κ2) is 4.53. The molecule has 1 heterocycles. The summed E-state index contributed by atoms with van der Waals surface area (Å²) in [5, 5.41) is 0.0592. The summed E-state index contributed by atoms with van der Waals surface area (Å²) in [5.41, 5.74) is -0.188. The van der Waals surface area contributed by atoms with E-state index in [9.17, 15) is 4.79 Å². The highest BCUT2D eigenvalue weighted by molar-refractivity contribution is 7.99. The Morgan fingerprint density at radius 1 is 1.57 bits per heavy atom. The summed E-state index contributed by atoms with van der Waals surface area (Å²) in [6.45, 7) is 8.09. The van der Waals surface area contributed by atoms with Gasteiger partial charge in [0.1, 0.15) is 0 Å². The van der Waals surface area contributed by atoms with E-state index in [-0.39, 0.29) is 16.8 Å². The fourth-order valence-electron chi connectivity index (χ4n) is 1.56. The lowest BCUT2D eigenvalue weighted by Gasteiger charge is -2.39. The van der Waals surface area contributed by atoms with E-state index in [1.807, 2.05) is 31.9 Å². The number of thioether (sulfide) groups is 1. The lowest BCUT2D eigenvalue weighted by atomic mass is 10.1. The molecule has 0 bridgehead atoms. The van der Waals surface area contributed by atoms with Crippen molar-refractivity contribution in [2.45, 2.75) is 31.6 Å². The smallest absolute Gasteiger partial charge is 0.235 e. The summed E-state index contributed by atoms with van der Waals surface area (Å²) in [6.07, 6.45) is 1.97. The predicted octanol–water partition coefficient (Wildman–Crippen LogP) is 1.38. The van der Waals surface area contributed by atoms with E-state index in [4.69, 9.17) is 4.74 Å². The maximum absolute atomic E-state index is 11.9. The molecule has 0 radical (unpaired) electrons. The maximum Gasteiger partial charge on any atom is 0.235 e. The number of hydrogen-bond donors (Lipinski definition) is 0. The first-order chi connectivity index (χ1) is 6.46. The summed E-state index contributed by atoms with van der Waals surface area (Å²) >= 11 is 1.59. The van der Waals surface area contributed by atoms with Crippen LogP contribution in [0, 0.1) is 0 Å². The van der Waals surface area contributed by atoms with Gasteiger partial charge in [0.15, 0.2) is 0 Å².